The first-order valence-electron chi connectivity index (χ1n) is 7.92. The molecule has 0 aliphatic carbocycles. The van der Waals surface area contributed by atoms with Crippen LogP contribution in [0.15, 0.2) is 0 Å². The Bertz CT molecular complexity index is 339. The van der Waals surface area contributed by atoms with E-state index in [1.807, 2.05) is 13.8 Å². The standard InChI is InChI=1S/C15H30N4O2/c1-11(2)14(16)15(21)18-10-13(20)17-6-9-19-7-4-12(3)5-8-19/h11-12,14H,4-10,16H2,1-3H3,(H,17,20)(H,18,21)/t14-/m0/s1. The summed E-state index contributed by atoms with van der Waals surface area (Å²) in [5, 5.41) is 5.40. The first-order chi connectivity index (χ1) is 9.90. The lowest BCUT2D eigenvalue weighted by molar-refractivity contribution is -0.127. The van der Waals surface area contributed by atoms with Gasteiger partial charge in [-0.3, -0.25) is 9.59 Å². The fraction of sp³-hybridized carbons (Fsp3) is 0.867. The van der Waals surface area contributed by atoms with E-state index >= 15 is 0 Å². The van der Waals surface area contributed by atoms with E-state index in [0.717, 1.165) is 25.6 Å². The Morgan fingerprint density at radius 1 is 1.24 bits per heavy atom. The number of amides is 2. The largest absolute Gasteiger partial charge is 0.353 e. The molecular weight excluding hydrogens is 268 g/mol. The van der Waals surface area contributed by atoms with Crippen LogP contribution in [0.25, 0.3) is 0 Å². The predicted molar refractivity (Wildman–Crippen MR) is 83.7 cm³/mol. The number of carbonyl (C=O) groups is 2. The highest BCUT2D eigenvalue weighted by Crippen LogP contribution is 2.14. The minimum Gasteiger partial charge on any atom is -0.353 e. The Kier molecular flexibility index (Phi) is 7.67. The van der Waals surface area contributed by atoms with Crippen LogP contribution in [0.1, 0.15) is 33.6 Å². The van der Waals surface area contributed by atoms with Crippen molar-refractivity contribution in [2.75, 3.05) is 32.7 Å². The molecule has 1 atom stereocenters. The molecule has 0 radical (unpaired) electrons. The molecule has 1 rings (SSSR count). The highest BCUT2D eigenvalue weighted by atomic mass is 16.2. The van der Waals surface area contributed by atoms with Gasteiger partial charge in [-0.15, -0.1) is 0 Å². The van der Waals surface area contributed by atoms with Gasteiger partial charge in [0, 0.05) is 13.1 Å². The van der Waals surface area contributed by atoms with E-state index in [1.54, 1.807) is 0 Å². The van der Waals surface area contributed by atoms with Crippen LogP contribution < -0.4 is 16.4 Å². The molecule has 0 aromatic rings. The van der Waals surface area contributed by atoms with E-state index in [4.69, 9.17) is 5.73 Å². The average Bonchev–Trinajstić information content (AvgIpc) is 2.46. The molecule has 0 aromatic carbocycles. The van der Waals surface area contributed by atoms with Crippen LogP contribution in [0, 0.1) is 11.8 Å². The lowest BCUT2D eigenvalue weighted by Crippen LogP contribution is -2.48. The van der Waals surface area contributed by atoms with Crippen LogP contribution in [-0.4, -0.2) is 55.5 Å². The van der Waals surface area contributed by atoms with Crippen molar-refractivity contribution in [2.45, 2.75) is 39.7 Å². The molecule has 122 valence electrons. The number of nitrogens with two attached hydrogens (primary N) is 1. The van der Waals surface area contributed by atoms with Crippen molar-refractivity contribution in [3.8, 4) is 0 Å². The van der Waals surface area contributed by atoms with E-state index in [-0.39, 0.29) is 24.3 Å². The minimum atomic E-state index is -0.562. The van der Waals surface area contributed by atoms with E-state index < -0.39 is 6.04 Å². The fourth-order valence-electron chi connectivity index (χ4n) is 2.29. The van der Waals surface area contributed by atoms with Gasteiger partial charge in [-0.1, -0.05) is 20.8 Å². The molecule has 1 aliphatic heterocycles. The van der Waals surface area contributed by atoms with Gasteiger partial charge in [0.1, 0.15) is 0 Å². The van der Waals surface area contributed by atoms with Gasteiger partial charge in [-0.25, -0.2) is 0 Å². The summed E-state index contributed by atoms with van der Waals surface area (Å²) >= 11 is 0. The van der Waals surface area contributed by atoms with Gasteiger partial charge >= 0.3 is 0 Å². The van der Waals surface area contributed by atoms with Crippen molar-refractivity contribution < 1.29 is 9.59 Å². The van der Waals surface area contributed by atoms with Crippen LogP contribution in [0.2, 0.25) is 0 Å². The molecule has 1 saturated heterocycles. The van der Waals surface area contributed by atoms with E-state index in [0.29, 0.717) is 6.54 Å². The summed E-state index contributed by atoms with van der Waals surface area (Å²) in [6.07, 6.45) is 2.47. The highest BCUT2D eigenvalue weighted by Gasteiger charge is 2.18. The lowest BCUT2D eigenvalue weighted by atomic mass is 9.99. The second kappa shape index (κ2) is 9.00. The smallest absolute Gasteiger partial charge is 0.239 e. The van der Waals surface area contributed by atoms with Crippen LogP contribution in [0.4, 0.5) is 0 Å². The molecule has 21 heavy (non-hydrogen) atoms. The number of likely N-dealkylation sites (tertiary alicyclic amines) is 1. The number of carbonyl (C=O) groups excluding carboxylic acids is 2. The van der Waals surface area contributed by atoms with Gasteiger partial charge < -0.3 is 21.3 Å². The van der Waals surface area contributed by atoms with Gasteiger partial charge in [0.25, 0.3) is 0 Å². The van der Waals surface area contributed by atoms with Crippen molar-refractivity contribution in [3.63, 3.8) is 0 Å². The zero-order valence-electron chi connectivity index (χ0n) is 13.5. The highest BCUT2D eigenvalue weighted by molar-refractivity contribution is 5.87. The summed E-state index contributed by atoms with van der Waals surface area (Å²) in [7, 11) is 0. The predicted octanol–water partition coefficient (Wildman–Crippen LogP) is -0.0660. The maximum Gasteiger partial charge on any atom is 0.239 e. The maximum atomic E-state index is 11.6. The van der Waals surface area contributed by atoms with Crippen LogP contribution >= 0.6 is 0 Å². The number of rotatable bonds is 7. The molecule has 0 bridgehead atoms. The number of nitrogens with zero attached hydrogens (tertiary/aromatic N) is 1. The van der Waals surface area contributed by atoms with Gasteiger partial charge in [0.2, 0.25) is 11.8 Å². The zero-order valence-corrected chi connectivity index (χ0v) is 13.5. The van der Waals surface area contributed by atoms with Crippen molar-refractivity contribution in [1.82, 2.24) is 15.5 Å². The summed E-state index contributed by atoms with van der Waals surface area (Å²) in [5.74, 6) is 0.445. The third kappa shape index (κ3) is 6.91. The summed E-state index contributed by atoms with van der Waals surface area (Å²) < 4.78 is 0. The molecule has 6 nitrogen and oxygen atoms in total. The average molecular weight is 298 g/mol. The quantitative estimate of drug-likeness (QED) is 0.614. The van der Waals surface area contributed by atoms with Crippen LogP contribution in [0.5, 0.6) is 0 Å². The van der Waals surface area contributed by atoms with E-state index in [1.165, 1.54) is 12.8 Å². The third-order valence-electron chi connectivity index (χ3n) is 4.07. The Hall–Kier alpha value is -1.14. The van der Waals surface area contributed by atoms with Gasteiger partial charge in [0.05, 0.1) is 12.6 Å². The zero-order chi connectivity index (χ0) is 15.8. The summed E-state index contributed by atoms with van der Waals surface area (Å²) in [6, 6.07) is -0.562. The lowest BCUT2D eigenvalue weighted by Gasteiger charge is -2.30. The molecule has 1 heterocycles. The molecular formula is C15H30N4O2. The fourth-order valence-corrected chi connectivity index (χ4v) is 2.29. The topological polar surface area (TPSA) is 87.5 Å². The molecule has 4 N–H and O–H groups in total. The van der Waals surface area contributed by atoms with Gasteiger partial charge in [-0.05, 0) is 37.8 Å². The van der Waals surface area contributed by atoms with Crippen molar-refractivity contribution >= 4 is 11.8 Å². The summed E-state index contributed by atoms with van der Waals surface area (Å²) in [5.41, 5.74) is 5.70. The van der Waals surface area contributed by atoms with Crippen LogP contribution in [0.3, 0.4) is 0 Å². The Morgan fingerprint density at radius 2 is 1.86 bits per heavy atom. The number of hydrogen-bond donors (Lipinski definition) is 3. The molecule has 1 aliphatic rings. The Labute approximate surface area is 127 Å². The molecule has 6 heteroatoms. The second-order valence-corrected chi connectivity index (χ2v) is 6.36. The number of nitrogens with one attached hydrogen (secondary N) is 2. The second-order valence-electron chi connectivity index (χ2n) is 6.36. The SMILES string of the molecule is CC1CCN(CCNC(=O)CNC(=O)[C@@H](N)C(C)C)CC1. The van der Waals surface area contributed by atoms with Gasteiger partial charge in [-0.2, -0.15) is 0 Å². The van der Waals surface area contributed by atoms with Crippen molar-refractivity contribution in [1.29, 1.82) is 0 Å². The minimum absolute atomic E-state index is 0.00368. The first-order valence-corrected chi connectivity index (χ1v) is 7.92. The first kappa shape index (κ1) is 17.9. The number of hydrogen-bond acceptors (Lipinski definition) is 4. The maximum absolute atomic E-state index is 11.6. The van der Waals surface area contributed by atoms with Gasteiger partial charge in [0.15, 0.2) is 0 Å². The normalized spacial score (nSPS) is 18.5. The monoisotopic (exact) mass is 298 g/mol. The third-order valence-corrected chi connectivity index (χ3v) is 4.07. The van der Waals surface area contributed by atoms with E-state index in [9.17, 15) is 9.59 Å². The van der Waals surface area contributed by atoms with Crippen LogP contribution in [-0.2, 0) is 9.59 Å². The molecule has 0 spiro atoms. The van der Waals surface area contributed by atoms with E-state index in [2.05, 4.69) is 22.5 Å². The van der Waals surface area contributed by atoms with Crippen molar-refractivity contribution in [2.24, 2.45) is 17.6 Å². The Morgan fingerprint density at radius 3 is 2.43 bits per heavy atom. The molecule has 0 aromatic heterocycles. The molecule has 1 fully saturated rings. The Balaban J connectivity index is 2.10. The summed E-state index contributed by atoms with van der Waals surface area (Å²) in [6.45, 7) is 9.75. The molecule has 0 saturated carbocycles. The summed E-state index contributed by atoms with van der Waals surface area (Å²) in [4.78, 5) is 25.6. The van der Waals surface area contributed by atoms with Crippen molar-refractivity contribution in [3.05, 3.63) is 0 Å². The molecule has 0 unspecified atom stereocenters. The molecule has 2 amide bonds. The number of piperidine rings is 1.